The number of ether oxygens (including phenoxy) is 1. The van der Waals surface area contributed by atoms with Crippen molar-refractivity contribution in [2.45, 2.75) is 13.5 Å². The molecule has 0 aliphatic heterocycles. The van der Waals surface area contributed by atoms with Crippen LogP contribution in [0.4, 0.5) is 0 Å². The van der Waals surface area contributed by atoms with E-state index in [1.165, 1.54) is 0 Å². The molecule has 2 N–H and O–H groups in total. The molecule has 3 nitrogen and oxygen atoms in total. The number of benzene rings is 1. The highest BCUT2D eigenvalue weighted by atomic mass is 32.1. The molecule has 0 aliphatic carbocycles. The summed E-state index contributed by atoms with van der Waals surface area (Å²) in [6.45, 7) is 2.35. The Kier molecular flexibility index (Phi) is 3.89. The van der Waals surface area contributed by atoms with E-state index in [1.54, 1.807) is 0 Å². The summed E-state index contributed by atoms with van der Waals surface area (Å²) in [6, 6.07) is 13.6. The Bertz CT molecular complexity index is 555. The van der Waals surface area contributed by atoms with Crippen LogP contribution in [0.15, 0.2) is 42.5 Å². The summed E-state index contributed by atoms with van der Waals surface area (Å²) >= 11 is 4.98. The predicted molar refractivity (Wildman–Crippen MR) is 75.6 cm³/mol. The van der Waals surface area contributed by atoms with Crippen LogP contribution in [0.5, 0.6) is 5.88 Å². The summed E-state index contributed by atoms with van der Waals surface area (Å²) in [4.78, 5) is 4.62. The van der Waals surface area contributed by atoms with Gasteiger partial charge in [-0.3, -0.25) is 0 Å². The molecule has 0 saturated heterocycles. The Hall–Kier alpha value is -1.94. The quantitative estimate of drug-likeness (QED) is 0.856. The lowest BCUT2D eigenvalue weighted by Crippen LogP contribution is -2.13. The molecule has 0 aliphatic rings. The number of pyridine rings is 1. The minimum absolute atomic E-state index is 0.297. The lowest BCUT2D eigenvalue weighted by Gasteiger charge is -2.10. The van der Waals surface area contributed by atoms with Crippen LogP contribution >= 0.6 is 12.2 Å². The fourth-order valence-electron chi connectivity index (χ4n) is 1.56. The standard InChI is InChI=1S/C14H14N2OS/c1-10-7-8-12(13(15)18)14(16-10)17-9-11-5-3-2-4-6-11/h2-8H,9H2,1H3,(H2,15,18). The fraction of sp³-hybridized carbons (Fsp3) is 0.143. The van der Waals surface area contributed by atoms with Gasteiger partial charge in [0.2, 0.25) is 5.88 Å². The van der Waals surface area contributed by atoms with Crippen molar-refractivity contribution in [3.05, 3.63) is 59.3 Å². The SMILES string of the molecule is Cc1ccc(C(N)=S)c(OCc2ccccc2)n1. The van der Waals surface area contributed by atoms with E-state index in [4.69, 9.17) is 22.7 Å². The maximum absolute atomic E-state index is 5.69. The number of rotatable bonds is 4. The number of thiocarbonyl (C=S) groups is 1. The molecule has 0 fully saturated rings. The van der Waals surface area contributed by atoms with Gasteiger partial charge in [-0.1, -0.05) is 42.5 Å². The van der Waals surface area contributed by atoms with Gasteiger partial charge in [-0.15, -0.1) is 0 Å². The molecule has 2 rings (SSSR count). The summed E-state index contributed by atoms with van der Waals surface area (Å²) in [6.07, 6.45) is 0. The molecule has 1 aromatic heterocycles. The van der Waals surface area contributed by atoms with Crippen molar-refractivity contribution in [3.8, 4) is 5.88 Å². The molecule has 2 aromatic rings. The molecule has 0 saturated carbocycles. The van der Waals surface area contributed by atoms with Crippen molar-refractivity contribution in [3.63, 3.8) is 0 Å². The predicted octanol–water partition coefficient (Wildman–Crippen LogP) is 2.60. The minimum atomic E-state index is 0.297. The topological polar surface area (TPSA) is 48.1 Å². The van der Waals surface area contributed by atoms with Crippen molar-refractivity contribution < 1.29 is 4.74 Å². The van der Waals surface area contributed by atoms with E-state index in [9.17, 15) is 0 Å². The van der Waals surface area contributed by atoms with Gasteiger partial charge in [0.25, 0.3) is 0 Å². The van der Waals surface area contributed by atoms with E-state index < -0.39 is 0 Å². The number of hydrogen-bond donors (Lipinski definition) is 1. The first-order valence-corrected chi connectivity index (χ1v) is 6.02. The third-order valence-electron chi connectivity index (χ3n) is 2.48. The van der Waals surface area contributed by atoms with Crippen LogP contribution in [-0.4, -0.2) is 9.97 Å². The molecule has 4 heteroatoms. The molecule has 1 aromatic carbocycles. The lowest BCUT2D eigenvalue weighted by molar-refractivity contribution is 0.293. The van der Waals surface area contributed by atoms with Gasteiger partial charge in [-0.25, -0.2) is 4.98 Å². The molecule has 92 valence electrons. The molecule has 0 unspecified atom stereocenters. The van der Waals surface area contributed by atoms with E-state index in [1.807, 2.05) is 49.4 Å². The summed E-state index contributed by atoms with van der Waals surface area (Å²) in [5.74, 6) is 0.492. The van der Waals surface area contributed by atoms with Crippen molar-refractivity contribution >= 4 is 17.2 Å². The molecule has 1 heterocycles. The van der Waals surface area contributed by atoms with Gasteiger partial charge in [0, 0.05) is 5.69 Å². The molecule has 0 atom stereocenters. The Morgan fingerprint density at radius 2 is 1.94 bits per heavy atom. The Balaban J connectivity index is 2.18. The van der Waals surface area contributed by atoms with Crippen molar-refractivity contribution in [1.29, 1.82) is 0 Å². The molecular weight excluding hydrogens is 244 g/mol. The first-order chi connectivity index (χ1) is 8.66. The van der Waals surface area contributed by atoms with E-state index in [2.05, 4.69) is 4.98 Å². The second-order valence-electron chi connectivity index (χ2n) is 3.94. The van der Waals surface area contributed by atoms with Gasteiger partial charge in [0.05, 0.1) is 5.56 Å². The van der Waals surface area contributed by atoms with Gasteiger partial charge in [0.1, 0.15) is 11.6 Å². The van der Waals surface area contributed by atoms with Crippen LogP contribution in [0.2, 0.25) is 0 Å². The Morgan fingerprint density at radius 3 is 2.61 bits per heavy atom. The first kappa shape index (κ1) is 12.5. The summed E-state index contributed by atoms with van der Waals surface area (Å²) in [7, 11) is 0. The highest BCUT2D eigenvalue weighted by molar-refractivity contribution is 7.80. The molecule has 0 radical (unpaired) electrons. The first-order valence-electron chi connectivity index (χ1n) is 5.61. The summed E-state index contributed by atoms with van der Waals surface area (Å²) in [5, 5.41) is 0. The summed E-state index contributed by atoms with van der Waals surface area (Å²) < 4.78 is 5.69. The maximum Gasteiger partial charge on any atom is 0.224 e. The summed E-state index contributed by atoms with van der Waals surface area (Å²) in [5.41, 5.74) is 8.27. The highest BCUT2D eigenvalue weighted by Crippen LogP contribution is 2.17. The van der Waals surface area contributed by atoms with Gasteiger partial charge >= 0.3 is 0 Å². The van der Waals surface area contributed by atoms with Gasteiger partial charge in [-0.05, 0) is 24.6 Å². The zero-order chi connectivity index (χ0) is 13.0. The lowest BCUT2D eigenvalue weighted by atomic mass is 10.2. The smallest absolute Gasteiger partial charge is 0.224 e. The van der Waals surface area contributed by atoms with Gasteiger partial charge in [0.15, 0.2) is 0 Å². The van der Waals surface area contributed by atoms with Crippen LogP contribution in [0.1, 0.15) is 16.8 Å². The monoisotopic (exact) mass is 258 g/mol. The zero-order valence-corrected chi connectivity index (χ0v) is 10.9. The van der Waals surface area contributed by atoms with Gasteiger partial charge in [-0.2, -0.15) is 0 Å². The van der Waals surface area contributed by atoms with E-state index in [0.29, 0.717) is 23.0 Å². The molecular formula is C14H14N2OS. The number of aryl methyl sites for hydroxylation is 1. The van der Waals surface area contributed by atoms with Crippen molar-refractivity contribution in [2.75, 3.05) is 0 Å². The number of hydrogen-bond acceptors (Lipinski definition) is 3. The van der Waals surface area contributed by atoms with E-state index in [0.717, 1.165) is 11.3 Å². The molecule has 0 amide bonds. The highest BCUT2D eigenvalue weighted by Gasteiger charge is 2.08. The van der Waals surface area contributed by atoms with Crippen LogP contribution in [-0.2, 0) is 6.61 Å². The van der Waals surface area contributed by atoms with E-state index >= 15 is 0 Å². The second kappa shape index (κ2) is 5.60. The minimum Gasteiger partial charge on any atom is -0.472 e. The largest absolute Gasteiger partial charge is 0.472 e. The van der Waals surface area contributed by atoms with E-state index in [-0.39, 0.29) is 0 Å². The van der Waals surface area contributed by atoms with Gasteiger partial charge < -0.3 is 10.5 Å². The maximum atomic E-state index is 5.69. The average molecular weight is 258 g/mol. The second-order valence-corrected chi connectivity index (χ2v) is 4.38. The Morgan fingerprint density at radius 1 is 1.22 bits per heavy atom. The van der Waals surface area contributed by atoms with Crippen LogP contribution in [0.3, 0.4) is 0 Å². The number of nitrogens with zero attached hydrogens (tertiary/aromatic N) is 1. The third kappa shape index (κ3) is 3.05. The molecule has 0 bridgehead atoms. The van der Waals surface area contributed by atoms with Crippen LogP contribution in [0, 0.1) is 6.92 Å². The molecule has 0 spiro atoms. The van der Waals surface area contributed by atoms with Crippen LogP contribution in [0.25, 0.3) is 0 Å². The molecule has 18 heavy (non-hydrogen) atoms. The third-order valence-corrected chi connectivity index (χ3v) is 2.70. The average Bonchev–Trinajstić information content (AvgIpc) is 2.37. The normalized spacial score (nSPS) is 10.1. The van der Waals surface area contributed by atoms with Crippen molar-refractivity contribution in [2.24, 2.45) is 5.73 Å². The van der Waals surface area contributed by atoms with Crippen molar-refractivity contribution in [1.82, 2.24) is 4.98 Å². The Labute approximate surface area is 112 Å². The number of nitrogens with two attached hydrogens (primary N) is 1. The van der Waals surface area contributed by atoms with Crippen LogP contribution < -0.4 is 10.5 Å². The fourth-order valence-corrected chi connectivity index (χ4v) is 1.71. The number of aromatic nitrogens is 1. The zero-order valence-electron chi connectivity index (χ0n) is 10.1.